The van der Waals surface area contributed by atoms with Gasteiger partial charge in [-0.3, -0.25) is 5.32 Å². The summed E-state index contributed by atoms with van der Waals surface area (Å²) in [5, 5.41) is 18.4. The van der Waals surface area contributed by atoms with Crippen LogP contribution >= 0.6 is 11.3 Å². The van der Waals surface area contributed by atoms with E-state index < -0.39 is 0 Å². The van der Waals surface area contributed by atoms with E-state index in [4.69, 9.17) is 6.42 Å². The monoisotopic (exact) mass is 401 g/mol. The highest BCUT2D eigenvalue weighted by Gasteiger charge is 2.10. The third-order valence-electron chi connectivity index (χ3n) is 4.23. The SMILES string of the molecule is C#Cc1nc(NC(=O)NCc2ccc(-c3cccc4ncnc(O)c34)cc2)cs1. The van der Waals surface area contributed by atoms with Crippen LogP contribution < -0.4 is 10.6 Å². The third-order valence-corrected chi connectivity index (χ3v) is 5.00. The van der Waals surface area contributed by atoms with Gasteiger partial charge in [0.25, 0.3) is 0 Å². The number of nitrogens with one attached hydrogen (secondary N) is 2. The second-order valence-electron chi connectivity index (χ2n) is 6.08. The Morgan fingerprint density at radius 1 is 1.17 bits per heavy atom. The maximum Gasteiger partial charge on any atom is 0.320 e. The van der Waals surface area contributed by atoms with Crippen LogP contribution in [0.2, 0.25) is 0 Å². The van der Waals surface area contributed by atoms with Crippen molar-refractivity contribution in [2.45, 2.75) is 6.54 Å². The smallest absolute Gasteiger partial charge is 0.320 e. The van der Waals surface area contributed by atoms with Crippen LogP contribution in [0.1, 0.15) is 10.6 Å². The fourth-order valence-corrected chi connectivity index (χ4v) is 3.43. The Balaban J connectivity index is 1.45. The fraction of sp³-hybridized carbons (Fsp3) is 0.0476. The summed E-state index contributed by atoms with van der Waals surface area (Å²) in [6, 6.07) is 12.9. The Labute approximate surface area is 170 Å². The van der Waals surface area contributed by atoms with E-state index in [0.29, 0.717) is 28.3 Å². The molecular weight excluding hydrogens is 386 g/mol. The minimum absolute atomic E-state index is 0.0527. The summed E-state index contributed by atoms with van der Waals surface area (Å²) in [6.07, 6.45) is 6.60. The highest BCUT2D eigenvalue weighted by atomic mass is 32.1. The molecule has 2 heterocycles. The molecule has 29 heavy (non-hydrogen) atoms. The third kappa shape index (κ3) is 4.00. The molecule has 4 rings (SSSR count). The topological polar surface area (TPSA) is 100 Å². The molecule has 2 aromatic carbocycles. The van der Waals surface area contributed by atoms with Crippen molar-refractivity contribution >= 4 is 34.1 Å². The molecule has 0 bridgehead atoms. The van der Waals surface area contributed by atoms with Crippen molar-refractivity contribution in [3.8, 4) is 29.4 Å². The minimum atomic E-state index is -0.362. The number of anilines is 1. The predicted octanol–water partition coefficient (Wildman–Crippen LogP) is 3.76. The number of aromatic hydroxyl groups is 1. The van der Waals surface area contributed by atoms with Crippen LogP contribution in [0.3, 0.4) is 0 Å². The second-order valence-corrected chi connectivity index (χ2v) is 6.94. The van der Waals surface area contributed by atoms with E-state index in [0.717, 1.165) is 16.7 Å². The Morgan fingerprint density at radius 2 is 2.00 bits per heavy atom. The summed E-state index contributed by atoms with van der Waals surface area (Å²) in [6.45, 7) is 0.349. The molecule has 0 aliphatic heterocycles. The van der Waals surface area contributed by atoms with E-state index in [1.807, 2.05) is 42.5 Å². The number of benzene rings is 2. The van der Waals surface area contributed by atoms with Crippen LogP contribution in [0.15, 0.2) is 54.2 Å². The van der Waals surface area contributed by atoms with Crippen LogP contribution in [0.4, 0.5) is 10.6 Å². The fourth-order valence-electron chi connectivity index (χ4n) is 2.88. The Bertz CT molecular complexity index is 1220. The number of rotatable bonds is 4. The number of hydrogen-bond acceptors (Lipinski definition) is 6. The first-order valence-electron chi connectivity index (χ1n) is 8.63. The first kappa shape index (κ1) is 18.4. The van der Waals surface area contributed by atoms with E-state index in [2.05, 4.69) is 31.5 Å². The normalized spacial score (nSPS) is 10.4. The molecule has 0 saturated heterocycles. The molecule has 0 radical (unpaired) electrons. The lowest BCUT2D eigenvalue weighted by Gasteiger charge is -2.09. The van der Waals surface area contributed by atoms with E-state index in [1.165, 1.54) is 17.7 Å². The van der Waals surface area contributed by atoms with Gasteiger partial charge >= 0.3 is 6.03 Å². The number of aromatic nitrogens is 3. The van der Waals surface area contributed by atoms with Gasteiger partial charge in [-0.05, 0) is 28.7 Å². The van der Waals surface area contributed by atoms with Gasteiger partial charge in [0.15, 0.2) is 5.01 Å². The molecule has 2 amide bonds. The Kier molecular flexibility index (Phi) is 5.05. The molecule has 0 aliphatic carbocycles. The number of urea groups is 1. The molecule has 7 nitrogen and oxygen atoms in total. The number of thiazole rings is 1. The molecule has 142 valence electrons. The number of carbonyl (C=O) groups excluding carboxylic acids is 1. The zero-order chi connectivity index (χ0) is 20.2. The van der Waals surface area contributed by atoms with Crippen molar-refractivity contribution in [1.29, 1.82) is 0 Å². The Morgan fingerprint density at radius 3 is 2.76 bits per heavy atom. The molecule has 0 aliphatic rings. The molecule has 0 unspecified atom stereocenters. The molecule has 4 aromatic rings. The van der Waals surface area contributed by atoms with Gasteiger partial charge in [-0.2, -0.15) is 0 Å². The summed E-state index contributed by atoms with van der Waals surface area (Å²) in [4.78, 5) is 24.2. The quantitative estimate of drug-likeness (QED) is 0.452. The van der Waals surface area contributed by atoms with Gasteiger partial charge < -0.3 is 10.4 Å². The average molecular weight is 401 g/mol. The van der Waals surface area contributed by atoms with Gasteiger partial charge in [0, 0.05) is 11.9 Å². The van der Waals surface area contributed by atoms with Gasteiger partial charge in [0.05, 0.1) is 10.9 Å². The summed E-state index contributed by atoms with van der Waals surface area (Å²) < 4.78 is 0. The minimum Gasteiger partial charge on any atom is -0.493 e. The maximum atomic E-state index is 12.0. The van der Waals surface area contributed by atoms with Crippen molar-refractivity contribution in [3.05, 3.63) is 64.7 Å². The van der Waals surface area contributed by atoms with Crippen LogP contribution in [0, 0.1) is 12.3 Å². The lowest BCUT2D eigenvalue weighted by molar-refractivity contribution is 0.251. The molecule has 3 N–H and O–H groups in total. The van der Waals surface area contributed by atoms with E-state index in [1.54, 1.807) is 5.38 Å². The van der Waals surface area contributed by atoms with Crippen LogP contribution in [0.25, 0.3) is 22.0 Å². The molecule has 2 aromatic heterocycles. The number of carbonyl (C=O) groups is 1. The highest BCUT2D eigenvalue weighted by Crippen LogP contribution is 2.32. The lowest BCUT2D eigenvalue weighted by Crippen LogP contribution is -2.28. The molecular formula is C21H15N5O2S. The molecule has 0 saturated carbocycles. The van der Waals surface area contributed by atoms with E-state index in [9.17, 15) is 9.90 Å². The number of fused-ring (bicyclic) bond motifs is 1. The standard InChI is InChI=1S/C21H15N5O2S/c1-2-18-25-17(11-29-18)26-21(28)22-10-13-6-8-14(9-7-13)15-4-3-5-16-19(15)20(27)24-12-23-16/h1,3-9,11-12H,10H2,(H2,22,26,28)(H,23,24,27). The highest BCUT2D eigenvalue weighted by molar-refractivity contribution is 7.10. The van der Waals surface area contributed by atoms with Crippen molar-refractivity contribution in [1.82, 2.24) is 20.3 Å². The van der Waals surface area contributed by atoms with Gasteiger partial charge in [0.1, 0.15) is 12.1 Å². The van der Waals surface area contributed by atoms with Gasteiger partial charge in [-0.25, -0.2) is 19.7 Å². The maximum absolute atomic E-state index is 12.0. The van der Waals surface area contributed by atoms with Crippen LogP contribution in [-0.2, 0) is 6.54 Å². The number of terminal acetylenes is 1. The van der Waals surface area contributed by atoms with Crippen molar-refractivity contribution < 1.29 is 9.90 Å². The Hall–Kier alpha value is -3.96. The number of nitrogens with zero attached hydrogens (tertiary/aromatic N) is 3. The van der Waals surface area contributed by atoms with E-state index in [-0.39, 0.29) is 11.9 Å². The van der Waals surface area contributed by atoms with Crippen LogP contribution in [0.5, 0.6) is 5.88 Å². The lowest BCUT2D eigenvalue weighted by atomic mass is 10.00. The molecule has 0 atom stereocenters. The zero-order valence-electron chi connectivity index (χ0n) is 15.1. The largest absolute Gasteiger partial charge is 0.493 e. The second kappa shape index (κ2) is 7.96. The number of amides is 2. The van der Waals surface area contributed by atoms with Gasteiger partial charge in [0.2, 0.25) is 5.88 Å². The summed E-state index contributed by atoms with van der Waals surface area (Å²) in [5.41, 5.74) is 3.35. The first-order valence-corrected chi connectivity index (χ1v) is 9.51. The number of hydrogen-bond donors (Lipinski definition) is 3. The summed E-state index contributed by atoms with van der Waals surface area (Å²) in [7, 11) is 0. The van der Waals surface area contributed by atoms with Crippen LogP contribution in [-0.4, -0.2) is 26.1 Å². The average Bonchev–Trinajstić information content (AvgIpc) is 3.20. The van der Waals surface area contributed by atoms with Crippen molar-refractivity contribution in [2.75, 3.05) is 5.32 Å². The predicted molar refractivity (Wildman–Crippen MR) is 113 cm³/mol. The van der Waals surface area contributed by atoms with Gasteiger partial charge in [-0.15, -0.1) is 17.8 Å². The summed E-state index contributed by atoms with van der Waals surface area (Å²) in [5.74, 6) is 2.80. The molecule has 8 heteroatoms. The van der Waals surface area contributed by atoms with Crippen molar-refractivity contribution in [3.63, 3.8) is 0 Å². The van der Waals surface area contributed by atoms with Gasteiger partial charge in [-0.1, -0.05) is 36.4 Å². The first-order chi connectivity index (χ1) is 14.1. The van der Waals surface area contributed by atoms with Crippen molar-refractivity contribution in [2.24, 2.45) is 0 Å². The van der Waals surface area contributed by atoms with E-state index >= 15 is 0 Å². The molecule has 0 spiro atoms. The molecule has 0 fully saturated rings. The summed E-state index contributed by atoms with van der Waals surface area (Å²) >= 11 is 1.29. The zero-order valence-corrected chi connectivity index (χ0v) is 15.9.